The zero-order valence-electron chi connectivity index (χ0n) is 19.3. The molecule has 1 aromatic carbocycles. The summed E-state index contributed by atoms with van der Waals surface area (Å²) in [5, 5.41) is 5.71. The summed E-state index contributed by atoms with van der Waals surface area (Å²) in [5.74, 6) is 0.777. The Kier molecular flexibility index (Phi) is 8.21. The number of rotatable bonds is 8. The van der Waals surface area contributed by atoms with Crippen molar-refractivity contribution in [2.45, 2.75) is 38.6 Å². The molecule has 0 aromatic heterocycles. The van der Waals surface area contributed by atoms with Gasteiger partial charge in [-0.1, -0.05) is 12.8 Å². The average molecular weight is 448 g/mol. The molecule has 9 nitrogen and oxygen atoms in total. The molecule has 1 saturated heterocycles. The molecule has 0 aliphatic carbocycles. The number of likely N-dealkylation sites (tertiary alicyclic amines) is 1. The molecule has 2 amide bonds. The van der Waals surface area contributed by atoms with Gasteiger partial charge in [0.05, 0.1) is 39.6 Å². The molecular weight excluding hydrogens is 414 g/mol. The van der Waals surface area contributed by atoms with Crippen molar-refractivity contribution in [3.63, 3.8) is 0 Å². The summed E-state index contributed by atoms with van der Waals surface area (Å²) in [7, 11) is 4.56. The minimum atomic E-state index is -0.764. The first-order valence-electron chi connectivity index (χ1n) is 11.0. The van der Waals surface area contributed by atoms with Crippen LogP contribution in [0.3, 0.4) is 0 Å². The smallest absolute Gasteiger partial charge is 0.338 e. The molecule has 1 unspecified atom stereocenters. The summed E-state index contributed by atoms with van der Waals surface area (Å²) < 4.78 is 21.9. The third-order valence-corrected chi connectivity index (χ3v) is 5.78. The summed E-state index contributed by atoms with van der Waals surface area (Å²) in [6.45, 7) is 4.30. The van der Waals surface area contributed by atoms with Crippen molar-refractivity contribution in [2.75, 3.05) is 47.6 Å². The molecule has 3 rings (SSSR count). The number of nitrogens with one attached hydrogen (secondary N) is 2. The van der Waals surface area contributed by atoms with Crippen LogP contribution in [0.4, 0.5) is 4.79 Å². The highest BCUT2D eigenvalue weighted by atomic mass is 16.5. The molecule has 0 saturated carbocycles. The van der Waals surface area contributed by atoms with Crippen LogP contribution in [0.1, 0.15) is 44.2 Å². The molecule has 0 spiro atoms. The van der Waals surface area contributed by atoms with Crippen LogP contribution in [0.15, 0.2) is 23.4 Å². The number of carbonyl (C=O) groups excluding carboxylic acids is 2. The van der Waals surface area contributed by atoms with Gasteiger partial charge in [-0.3, -0.25) is 4.90 Å². The predicted octanol–water partition coefficient (Wildman–Crippen LogP) is 2.76. The number of amides is 2. The topological polar surface area (TPSA) is 98.4 Å². The average Bonchev–Trinajstić information content (AvgIpc) is 3.06. The largest absolute Gasteiger partial charge is 0.493 e. The molecule has 0 radical (unpaired) electrons. The third-order valence-electron chi connectivity index (χ3n) is 5.78. The van der Waals surface area contributed by atoms with Crippen LogP contribution in [0.25, 0.3) is 0 Å². The van der Waals surface area contributed by atoms with E-state index < -0.39 is 12.0 Å². The predicted molar refractivity (Wildman–Crippen MR) is 119 cm³/mol. The summed E-state index contributed by atoms with van der Waals surface area (Å²) in [4.78, 5) is 28.0. The summed E-state index contributed by atoms with van der Waals surface area (Å²) >= 11 is 0. The molecule has 0 bridgehead atoms. The molecule has 32 heavy (non-hydrogen) atoms. The minimum absolute atomic E-state index is 0.225. The molecule has 2 N–H and O–H groups in total. The Morgan fingerprint density at radius 3 is 2.31 bits per heavy atom. The van der Waals surface area contributed by atoms with Gasteiger partial charge in [-0.15, -0.1) is 0 Å². The van der Waals surface area contributed by atoms with Gasteiger partial charge in [-0.2, -0.15) is 0 Å². The van der Waals surface area contributed by atoms with Crippen LogP contribution in [-0.2, 0) is 9.53 Å². The molecule has 1 aromatic rings. The number of urea groups is 1. The van der Waals surface area contributed by atoms with E-state index in [4.69, 9.17) is 18.9 Å². The third kappa shape index (κ3) is 5.09. The Labute approximate surface area is 189 Å². The van der Waals surface area contributed by atoms with Crippen LogP contribution < -0.4 is 24.8 Å². The van der Waals surface area contributed by atoms with Crippen molar-refractivity contribution in [3.8, 4) is 17.2 Å². The summed E-state index contributed by atoms with van der Waals surface area (Å²) in [6, 6.07) is 2.34. The van der Waals surface area contributed by atoms with Gasteiger partial charge in [0.2, 0.25) is 5.75 Å². The van der Waals surface area contributed by atoms with Crippen molar-refractivity contribution >= 4 is 12.0 Å². The van der Waals surface area contributed by atoms with Crippen molar-refractivity contribution < 1.29 is 28.5 Å². The standard InChI is InChI=1S/C23H33N3O6/c1-5-32-22(27)18-16(14-26-12-8-6-7-9-13-26)24-23(28)25-19(18)15-10-11-17(29-2)21(31-4)20(15)30-3/h10-11,19H,5-9,12-14H2,1-4H3,(H2,24,25,28). The molecule has 176 valence electrons. The molecule has 1 atom stereocenters. The fourth-order valence-electron chi connectivity index (χ4n) is 4.30. The van der Waals surface area contributed by atoms with E-state index in [0.717, 1.165) is 25.9 Å². The second kappa shape index (κ2) is 11.1. The molecule has 2 aliphatic heterocycles. The van der Waals surface area contributed by atoms with Crippen LogP contribution >= 0.6 is 0 Å². The maximum Gasteiger partial charge on any atom is 0.338 e. The first-order valence-corrected chi connectivity index (χ1v) is 11.0. The normalized spacial score (nSPS) is 19.5. The molecule has 9 heteroatoms. The van der Waals surface area contributed by atoms with Crippen LogP contribution in [0.5, 0.6) is 17.2 Å². The highest BCUT2D eigenvalue weighted by Crippen LogP contribution is 2.44. The summed E-state index contributed by atoms with van der Waals surface area (Å²) in [6.07, 6.45) is 4.58. The maximum atomic E-state index is 13.1. The fraction of sp³-hybridized carbons (Fsp3) is 0.565. The number of carbonyl (C=O) groups is 2. The van der Waals surface area contributed by atoms with Crippen molar-refractivity contribution in [3.05, 3.63) is 29.0 Å². The Hall–Kier alpha value is -2.94. The minimum Gasteiger partial charge on any atom is -0.493 e. The van der Waals surface area contributed by atoms with Gasteiger partial charge in [0.15, 0.2) is 11.5 Å². The van der Waals surface area contributed by atoms with E-state index in [9.17, 15) is 9.59 Å². The van der Waals surface area contributed by atoms with E-state index in [1.54, 1.807) is 19.1 Å². The number of benzene rings is 1. The Morgan fingerprint density at radius 2 is 1.72 bits per heavy atom. The SMILES string of the molecule is CCOC(=O)C1=C(CN2CCCCCC2)NC(=O)NC1c1ccc(OC)c(OC)c1OC. The number of nitrogens with zero attached hydrogens (tertiary/aromatic N) is 1. The van der Waals surface area contributed by atoms with Crippen LogP contribution in [-0.4, -0.2) is 64.5 Å². The van der Waals surface area contributed by atoms with E-state index >= 15 is 0 Å². The number of hydrogen-bond acceptors (Lipinski definition) is 7. The van der Waals surface area contributed by atoms with Gasteiger partial charge < -0.3 is 29.6 Å². The Morgan fingerprint density at radius 1 is 1.03 bits per heavy atom. The lowest BCUT2D eigenvalue weighted by Crippen LogP contribution is -2.48. The molecule has 1 fully saturated rings. The second-order valence-corrected chi connectivity index (χ2v) is 7.76. The van der Waals surface area contributed by atoms with E-state index in [1.165, 1.54) is 34.2 Å². The van der Waals surface area contributed by atoms with Crippen molar-refractivity contribution in [1.82, 2.24) is 15.5 Å². The lowest BCUT2D eigenvalue weighted by Gasteiger charge is -2.32. The molecular formula is C23H33N3O6. The van der Waals surface area contributed by atoms with Gasteiger partial charge in [0.25, 0.3) is 0 Å². The first-order chi connectivity index (χ1) is 15.5. The Bertz CT molecular complexity index is 862. The highest BCUT2D eigenvalue weighted by molar-refractivity contribution is 5.95. The maximum absolute atomic E-state index is 13.1. The Balaban J connectivity index is 2.10. The van der Waals surface area contributed by atoms with E-state index in [1.807, 2.05) is 0 Å². The zero-order chi connectivity index (χ0) is 23.1. The van der Waals surface area contributed by atoms with Gasteiger partial charge in [-0.25, -0.2) is 9.59 Å². The fourth-order valence-corrected chi connectivity index (χ4v) is 4.30. The number of hydrogen-bond donors (Lipinski definition) is 2. The van der Waals surface area contributed by atoms with Gasteiger partial charge >= 0.3 is 12.0 Å². The van der Waals surface area contributed by atoms with Gasteiger partial charge in [-0.05, 0) is 45.0 Å². The highest BCUT2D eigenvalue weighted by Gasteiger charge is 2.37. The van der Waals surface area contributed by atoms with E-state index in [-0.39, 0.29) is 12.6 Å². The van der Waals surface area contributed by atoms with Crippen LogP contribution in [0.2, 0.25) is 0 Å². The lowest BCUT2D eigenvalue weighted by atomic mass is 9.93. The van der Waals surface area contributed by atoms with E-state index in [0.29, 0.717) is 40.6 Å². The van der Waals surface area contributed by atoms with Gasteiger partial charge in [0.1, 0.15) is 0 Å². The number of methoxy groups -OCH3 is 3. The quantitative estimate of drug-likeness (QED) is 0.591. The lowest BCUT2D eigenvalue weighted by molar-refractivity contribution is -0.139. The van der Waals surface area contributed by atoms with Gasteiger partial charge in [0, 0.05) is 17.8 Å². The first kappa shape index (κ1) is 23.7. The monoisotopic (exact) mass is 447 g/mol. The van der Waals surface area contributed by atoms with Crippen molar-refractivity contribution in [2.24, 2.45) is 0 Å². The molecule has 2 aliphatic rings. The van der Waals surface area contributed by atoms with Crippen molar-refractivity contribution in [1.29, 1.82) is 0 Å². The molecule has 2 heterocycles. The van der Waals surface area contributed by atoms with E-state index in [2.05, 4.69) is 15.5 Å². The zero-order valence-corrected chi connectivity index (χ0v) is 19.3. The number of esters is 1. The second-order valence-electron chi connectivity index (χ2n) is 7.76. The summed E-state index contributed by atoms with van der Waals surface area (Å²) in [5.41, 5.74) is 1.49. The van der Waals surface area contributed by atoms with Crippen LogP contribution in [0, 0.1) is 0 Å². The number of ether oxygens (including phenoxy) is 4.